The quantitative estimate of drug-likeness (QED) is 0.496. The Balaban J connectivity index is 1.97. The molecule has 0 saturated heterocycles. The molecule has 5 nitrogen and oxygen atoms in total. The molecule has 0 radical (unpaired) electrons. The van der Waals surface area contributed by atoms with Gasteiger partial charge in [0, 0.05) is 16.8 Å². The monoisotopic (exact) mass is 450 g/mol. The van der Waals surface area contributed by atoms with Crippen LogP contribution < -0.4 is 9.46 Å². The van der Waals surface area contributed by atoms with Crippen molar-refractivity contribution in [2.45, 2.75) is 31.1 Å². The van der Waals surface area contributed by atoms with E-state index in [4.69, 9.17) is 27.9 Å². The van der Waals surface area contributed by atoms with Gasteiger partial charge in [0.05, 0.1) is 5.02 Å². The van der Waals surface area contributed by atoms with Gasteiger partial charge < -0.3 is 4.74 Å². The number of sulfonamides is 1. The van der Waals surface area contributed by atoms with E-state index in [1.807, 2.05) is 24.3 Å². The standard InChI is InChI=1S/C21H20Cl2N2O3S/c1-21(2,3)15-7-4-5-9-18(15)28-20-17(8-6-12-24-20)25-29(26,27)19-11-10-14(22)13-16(19)23/h4-13,25H,1-3H3. The molecule has 29 heavy (non-hydrogen) atoms. The number of para-hydroxylation sites is 1. The topological polar surface area (TPSA) is 68.3 Å². The molecular weight excluding hydrogens is 431 g/mol. The SMILES string of the molecule is CC(C)(C)c1ccccc1Oc1ncccc1NS(=O)(=O)c1ccc(Cl)cc1Cl. The van der Waals surface area contributed by atoms with Crippen molar-refractivity contribution < 1.29 is 13.2 Å². The highest BCUT2D eigenvalue weighted by Crippen LogP contribution is 2.36. The Morgan fingerprint density at radius 1 is 1.00 bits per heavy atom. The first-order valence-corrected chi connectivity index (χ1v) is 11.0. The highest BCUT2D eigenvalue weighted by molar-refractivity contribution is 7.92. The predicted octanol–water partition coefficient (Wildman–Crippen LogP) is 6.28. The number of hydrogen-bond donors (Lipinski definition) is 1. The van der Waals surface area contributed by atoms with Crippen molar-refractivity contribution in [3.8, 4) is 11.6 Å². The summed E-state index contributed by atoms with van der Waals surface area (Å²) in [6.45, 7) is 6.21. The molecule has 0 bridgehead atoms. The lowest BCUT2D eigenvalue weighted by molar-refractivity contribution is 0.442. The summed E-state index contributed by atoms with van der Waals surface area (Å²) in [5, 5.41) is 0.368. The van der Waals surface area contributed by atoms with Crippen molar-refractivity contribution in [3.05, 3.63) is 76.4 Å². The number of anilines is 1. The summed E-state index contributed by atoms with van der Waals surface area (Å²) in [6.07, 6.45) is 1.53. The molecule has 1 aromatic heterocycles. The number of benzene rings is 2. The van der Waals surface area contributed by atoms with Crippen LogP contribution in [-0.2, 0) is 15.4 Å². The van der Waals surface area contributed by atoms with Gasteiger partial charge in [-0.05, 0) is 41.8 Å². The first-order valence-electron chi connectivity index (χ1n) is 8.78. The summed E-state index contributed by atoms with van der Waals surface area (Å²) in [4.78, 5) is 4.12. The maximum atomic E-state index is 12.8. The molecule has 3 aromatic rings. The van der Waals surface area contributed by atoms with Crippen LogP contribution in [0.2, 0.25) is 10.0 Å². The molecule has 0 saturated carbocycles. The van der Waals surface area contributed by atoms with Crippen LogP contribution in [0.3, 0.4) is 0 Å². The lowest BCUT2D eigenvalue weighted by Gasteiger charge is -2.22. The molecule has 0 fully saturated rings. The van der Waals surface area contributed by atoms with E-state index >= 15 is 0 Å². The maximum Gasteiger partial charge on any atom is 0.263 e. The molecule has 2 aromatic carbocycles. The Morgan fingerprint density at radius 3 is 2.41 bits per heavy atom. The van der Waals surface area contributed by atoms with Gasteiger partial charge in [-0.3, -0.25) is 4.72 Å². The third-order valence-electron chi connectivity index (χ3n) is 4.10. The van der Waals surface area contributed by atoms with Gasteiger partial charge in [0.1, 0.15) is 16.3 Å². The van der Waals surface area contributed by atoms with Crippen LogP contribution in [0, 0.1) is 0 Å². The average molecular weight is 451 g/mol. The third-order valence-corrected chi connectivity index (χ3v) is 6.18. The fourth-order valence-corrected chi connectivity index (χ4v) is 4.55. The van der Waals surface area contributed by atoms with Gasteiger partial charge in [-0.15, -0.1) is 0 Å². The summed E-state index contributed by atoms with van der Waals surface area (Å²) >= 11 is 11.9. The van der Waals surface area contributed by atoms with Crippen molar-refractivity contribution in [1.29, 1.82) is 0 Å². The number of nitrogens with one attached hydrogen (secondary N) is 1. The Labute approximate surface area is 180 Å². The summed E-state index contributed by atoms with van der Waals surface area (Å²) in [5.41, 5.74) is 1.00. The molecule has 3 rings (SSSR count). The van der Waals surface area contributed by atoms with Crippen LogP contribution in [-0.4, -0.2) is 13.4 Å². The van der Waals surface area contributed by atoms with Gasteiger partial charge in [-0.25, -0.2) is 13.4 Å². The molecule has 8 heteroatoms. The molecule has 0 spiro atoms. The molecule has 0 atom stereocenters. The number of ether oxygens (including phenoxy) is 1. The van der Waals surface area contributed by atoms with Crippen LogP contribution in [0.15, 0.2) is 65.7 Å². The summed E-state index contributed by atoms with van der Waals surface area (Å²) in [6, 6.07) is 14.9. The maximum absolute atomic E-state index is 12.8. The minimum absolute atomic E-state index is 0.0226. The number of halogens is 2. The van der Waals surface area contributed by atoms with Gasteiger partial charge in [-0.1, -0.05) is 62.2 Å². The lowest BCUT2D eigenvalue weighted by atomic mass is 9.86. The van der Waals surface area contributed by atoms with Gasteiger partial charge in [0.2, 0.25) is 5.88 Å². The molecule has 0 aliphatic carbocycles. The highest BCUT2D eigenvalue weighted by atomic mass is 35.5. The number of hydrogen-bond acceptors (Lipinski definition) is 4. The second kappa shape index (κ2) is 8.22. The van der Waals surface area contributed by atoms with Crippen molar-refractivity contribution >= 4 is 38.9 Å². The fraction of sp³-hybridized carbons (Fsp3) is 0.190. The second-order valence-corrected chi connectivity index (χ2v) is 9.88. The highest BCUT2D eigenvalue weighted by Gasteiger charge is 2.23. The van der Waals surface area contributed by atoms with E-state index < -0.39 is 10.0 Å². The second-order valence-electron chi connectivity index (χ2n) is 7.38. The van der Waals surface area contributed by atoms with E-state index in [9.17, 15) is 8.42 Å². The summed E-state index contributed by atoms with van der Waals surface area (Å²) in [7, 11) is -3.97. The summed E-state index contributed by atoms with van der Waals surface area (Å²) < 4.78 is 34.2. The van der Waals surface area contributed by atoms with E-state index in [1.165, 1.54) is 24.4 Å². The van der Waals surface area contributed by atoms with Crippen LogP contribution in [0.5, 0.6) is 11.6 Å². The summed E-state index contributed by atoms with van der Waals surface area (Å²) in [5.74, 6) is 0.738. The smallest absolute Gasteiger partial charge is 0.263 e. The van der Waals surface area contributed by atoms with Crippen molar-refractivity contribution in [2.75, 3.05) is 4.72 Å². The Morgan fingerprint density at radius 2 is 1.72 bits per heavy atom. The van der Waals surface area contributed by atoms with Crippen molar-refractivity contribution in [1.82, 2.24) is 4.98 Å². The largest absolute Gasteiger partial charge is 0.437 e. The van der Waals surface area contributed by atoms with Gasteiger partial charge in [0.25, 0.3) is 10.0 Å². The molecule has 1 N–H and O–H groups in total. The first kappa shape index (κ1) is 21.4. The molecule has 0 unspecified atom stereocenters. The normalized spacial score (nSPS) is 11.9. The van der Waals surface area contributed by atoms with E-state index in [-0.39, 0.29) is 26.9 Å². The number of nitrogens with zero attached hydrogens (tertiary/aromatic N) is 1. The van der Waals surface area contributed by atoms with Crippen LogP contribution in [0.4, 0.5) is 5.69 Å². The Bertz CT molecular complexity index is 1140. The van der Waals surface area contributed by atoms with E-state index in [2.05, 4.69) is 30.5 Å². The Hall–Kier alpha value is -2.28. The molecule has 1 heterocycles. The van der Waals surface area contributed by atoms with E-state index in [0.717, 1.165) is 5.56 Å². The molecule has 0 aliphatic rings. The van der Waals surface area contributed by atoms with Gasteiger partial charge >= 0.3 is 0 Å². The molecule has 0 aliphatic heterocycles. The van der Waals surface area contributed by atoms with Gasteiger partial charge in [0.15, 0.2) is 0 Å². The van der Waals surface area contributed by atoms with Crippen molar-refractivity contribution in [2.24, 2.45) is 0 Å². The van der Waals surface area contributed by atoms with Crippen LogP contribution >= 0.6 is 23.2 Å². The fourth-order valence-electron chi connectivity index (χ4n) is 2.72. The van der Waals surface area contributed by atoms with Gasteiger partial charge in [-0.2, -0.15) is 0 Å². The minimum Gasteiger partial charge on any atom is -0.437 e. The zero-order valence-corrected chi connectivity index (χ0v) is 18.4. The average Bonchev–Trinajstić information content (AvgIpc) is 2.62. The molecule has 0 amide bonds. The third kappa shape index (κ3) is 5.01. The number of pyridine rings is 1. The minimum atomic E-state index is -3.97. The first-order chi connectivity index (χ1) is 13.6. The zero-order chi connectivity index (χ0) is 21.2. The number of rotatable bonds is 5. The van der Waals surface area contributed by atoms with Crippen LogP contribution in [0.1, 0.15) is 26.3 Å². The van der Waals surface area contributed by atoms with Crippen molar-refractivity contribution in [3.63, 3.8) is 0 Å². The zero-order valence-electron chi connectivity index (χ0n) is 16.1. The Kier molecular flexibility index (Phi) is 6.08. The van der Waals surface area contributed by atoms with E-state index in [1.54, 1.807) is 12.1 Å². The van der Waals surface area contributed by atoms with Crippen LogP contribution in [0.25, 0.3) is 0 Å². The molecule has 152 valence electrons. The number of aromatic nitrogens is 1. The molecular formula is C21H20Cl2N2O3S. The lowest BCUT2D eigenvalue weighted by Crippen LogP contribution is -2.15. The van der Waals surface area contributed by atoms with E-state index in [0.29, 0.717) is 10.8 Å². The predicted molar refractivity (Wildman–Crippen MR) is 117 cm³/mol.